The van der Waals surface area contributed by atoms with E-state index in [2.05, 4.69) is 15.0 Å². The summed E-state index contributed by atoms with van der Waals surface area (Å²) in [7, 11) is 0. The molecule has 0 fully saturated rings. The van der Waals surface area contributed by atoms with Crippen molar-refractivity contribution >= 4 is 11.0 Å². The van der Waals surface area contributed by atoms with Gasteiger partial charge in [0.2, 0.25) is 0 Å². The number of halogens is 1. The Morgan fingerprint density at radius 1 is 0.917 bits per heavy atom. The summed E-state index contributed by atoms with van der Waals surface area (Å²) in [5, 5.41) is 0. The van der Waals surface area contributed by atoms with Crippen molar-refractivity contribution in [3.8, 4) is 11.1 Å². The largest absolute Gasteiger partial charge is 0.340 e. The molecule has 2 aromatic heterocycles. The van der Waals surface area contributed by atoms with Gasteiger partial charge in [-0.15, -0.1) is 0 Å². The monoisotopic (exact) mass is 318 g/mol. The van der Waals surface area contributed by atoms with Gasteiger partial charge in [0.15, 0.2) is 0 Å². The molecule has 0 spiro atoms. The number of pyridine rings is 1. The van der Waals surface area contributed by atoms with Crippen LogP contribution in [0.2, 0.25) is 0 Å². The van der Waals surface area contributed by atoms with Crippen molar-refractivity contribution in [1.82, 2.24) is 15.0 Å². The van der Waals surface area contributed by atoms with Crippen LogP contribution >= 0.6 is 0 Å². The molecule has 118 valence electrons. The number of aromatic amines is 1. The van der Waals surface area contributed by atoms with Gasteiger partial charge in [0.1, 0.15) is 11.6 Å². The number of H-pyrrole nitrogens is 1. The number of aromatic nitrogens is 3. The fourth-order valence-electron chi connectivity index (χ4n) is 2.73. The van der Waals surface area contributed by atoms with E-state index in [0.717, 1.165) is 27.7 Å². The summed E-state index contributed by atoms with van der Waals surface area (Å²) < 4.78 is 13.1. The molecule has 0 saturated heterocycles. The van der Waals surface area contributed by atoms with Crippen LogP contribution in [0.4, 0.5) is 4.39 Å². The highest BCUT2D eigenvalue weighted by atomic mass is 19.1. The van der Waals surface area contributed by atoms with Crippen molar-refractivity contribution in [1.29, 1.82) is 0 Å². The van der Waals surface area contributed by atoms with E-state index in [4.69, 9.17) is 5.73 Å². The Morgan fingerprint density at radius 3 is 2.42 bits per heavy atom. The number of hydrogen-bond acceptors (Lipinski definition) is 3. The van der Waals surface area contributed by atoms with E-state index in [9.17, 15) is 4.39 Å². The molecular weight excluding hydrogens is 303 g/mol. The van der Waals surface area contributed by atoms with Crippen LogP contribution in [-0.4, -0.2) is 15.0 Å². The van der Waals surface area contributed by atoms with Crippen LogP contribution in [0.1, 0.15) is 17.4 Å². The first-order valence-electron chi connectivity index (χ1n) is 7.62. The quantitative estimate of drug-likeness (QED) is 0.603. The molecule has 4 aromatic rings. The molecule has 0 aliphatic carbocycles. The smallest absolute Gasteiger partial charge is 0.128 e. The fraction of sp³-hybridized carbons (Fsp3) is 0.0526. The second-order valence-electron chi connectivity index (χ2n) is 5.62. The van der Waals surface area contributed by atoms with Crippen molar-refractivity contribution in [2.45, 2.75) is 6.04 Å². The van der Waals surface area contributed by atoms with Gasteiger partial charge in [0, 0.05) is 12.4 Å². The van der Waals surface area contributed by atoms with Crippen LogP contribution < -0.4 is 5.73 Å². The summed E-state index contributed by atoms with van der Waals surface area (Å²) in [6.07, 6.45) is 3.53. The third kappa shape index (κ3) is 2.66. The summed E-state index contributed by atoms with van der Waals surface area (Å²) in [5.74, 6) is 0.376. The topological polar surface area (TPSA) is 67.6 Å². The van der Waals surface area contributed by atoms with Crippen molar-refractivity contribution < 1.29 is 4.39 Å². The Bertz CT molecular complexity index is 977. The first kappa shape index (κ1) is 14.5. The summed E-state index contributed by atoms with van der Waals surface area (Å²) in [6, 6.07) is 15.7. The lowest BCUT2D eigenvalue weighted by Crippen LogP contribution is -2.13. The van der Waals surface area contributed by atoms with E-state index >= 15 is 0 Å². The minimum Gasteiger partial charge on any atom is -0.340 e. The number of imidazole rings is 1. The van der Waals surface area contributed by atoms with Crippen LogP contribution in [0.15, 0.2) is 67.0 Å². The lowest BCUT2D eigenvalue weighted by Gasteiger charge is -2.08. The molecule has 0 radical (unpaired) electrons. The highest BCUT2D eigenvalue weighted by molar-refractivity contribution is 5.82. The highest BCUT2D eigenvalue weighted by Crippen LogP contribution is 2.25. The summed E-state index contributed by atoms with van der Waals surface area (Å²) in [4.78, 5) is 11.9. The first-order chi connectivity index (χ1) is 11.7. The van der Waals surface area contributed by atoms with Crippen molar-refractivity contribution in [2.24, 2.45) is 5.73 Å². The van der Waals surface area contributed by atoms with E-state index in [-0.39, 0.29) is 5.82 Å². The predicted molar refractivity (Wildman–Crippen MR) is 91.8 cm³/mol. The second kappa shape index (κ2) is 5.86. The SMILES string of the molecule is NC(c1ccc(F)cc1)c1nc2ccc(-c3ccncc3)cc2[nH]1. The van der Waals surface area contributed by atoms with Crippen molar-refractivity contribution in [3.63, 3.8) is 0 Å². The molecule has 2 heterocycles. The van der Waals surface area contributed by atoms with E-state index < -0.39 is 6.04 Å². The Balaban J connectivity index is 1.72. The van der Waals surface area contributed by atoms with Gasteiger partial charge >= 0.3 is 0 Å². The molecule has 4 rings (SSSR count). The number of nitrogens with one attached hydrogen (secondary N) is 1. The predicted octanol–water partition coefficient (Wildman–Crippen LogP) is 3.81. The maximum atomic E-state index is 13.1. The molecule has 1 unspecified atom stereocenters. The zero-order chi connectivity index (χ0) is 16.5. The van der Waals surface area contributed by atoms with Gasteiger partial charge in [-0.2, -0.15) is 0 Å². The van der Waals surface area contributed by atoms with Crippen molar-refractivity contribution in [2.75, 3.05) is 0 Å². The molecule has 1 atom stereocenters. The molecule has 0 saturated carbocycles. The van der Waals surface area contributed by atoms with Gasteiger partial charge < -0.3 is 10.7 Å². The molecule has 0 bridgehead atoms. The average molecular weight is 318 g/mol. The number of nitrogens with two attached hydrogens (primary N) is 1. The van der Waals surface area contributed by atoms with Crippen LogP contribution in [0, 0.1) is 5.82 Å². The van der Waals surface area contributed by atoms with Gasteiger partial charge in [-0.25, -0.2) is 9.37 Å². The maximum Gasteiger partial charge on any atom is 0.128 e. The van der Waals surface area contributed by atoms with Gasteiger partial charge in [0.05, 0.1) is 17.1 Å². The minimum atomic E-state index is -0.428. The molecule has 5 heteroatoms. The Morgan fingerprint density at radius 2 is 1.67 bits per heavy atom. The minimum absolute atomic E-state index is 0.280. The fourth-order valence-corrected chi connectivity index (χ4v) is 2.73. The van der Waals surface area contributed by atoms with E-state index in [1.54, 1.807) is 24.5 Å². The van der Waals surface area contributed by atoms with Crippen LogP contribution in [0.3, 0.4) is 0 Å². The number of nitrogens with zero attached hydrogens (tertiary/aromatic N) is 2. The van der Waals surface area contributed by atoms with Crippen LogP contribution in [0.25, 0.3) is 22.2 Å². The summed E-state index contributed by atoms with van der Waals surface area (Å²) in [6.45, 7) is 0. The van der Waals surface area contributed by atoms with E-state index in [1.807, 2.05) is 30.3 Å². The highest BCUT2D eigenvalue weighted by Gasteiger charge is 2.14. The molecule has 0 aliphatic rings. The molecule has 4 nitrogen and oxygen atoms in total. The maximum absolute atomic E-state index is 13.1. The zero-order valence-corrected chi connectivity index (χ0v) is 12.8. The lowest BCUT2D eigenvalue weighted by molar-refractivity contribution is 0.626. The standard InChI is InChI=1S/C19H15FN4/c20-15-4-1-13(2-5-15)18(21)19-23-16-6-3-14(11-17(16)24-19)12-7-9-22-10-8-12/h1-11,18H,21H2,(H,23,24). The molecule has 0 aliphatic heterocycles. The Labute approximate surface area is 138 Å². The van der Waals surface area contributed by atoms with E-state index in [1.165, 1.54) is 12.1 Å². The number of rotatable bonds is 3. The molecule has 2 aromatic carbocycles. The van der Waals surface area contributed by atoms with Crippen molar-refractivity contribution in [3.05, 3.63) is 84.2 Å². The van der Waals surface area contributed by atoms with Gasteiger partial charge in [-0.3, -0.25) is 4.98 Å². The number of fused-ring (bicyclic) bond motifs is 1. The molecule has 24 heavy (non-hydrogen) atoms. The van der Waals surface area contributed by atoms with Gasteiger partial charge in [0.25, 0.3) is 0 Å². The first-order valence-corrected chi connectivity index (χ1v) is 7.62. The Hall–Kier alpha value is -3.05. The lowest BCUT2D eigenvalue weighted by atomic mass is 10.1. The molecular formula is C19H15FN4. The van der Waals surface area contributed by atoms with Crippen LogP contribution in [-0.2, 0) is 0 Å². The average Bonchev–Trinajstić information content (AvgIpc) is 3.06. The Kier molecular flexibility index (Phi) is 3.55. The van der Waals surface area contributed by atoms with Gasteiger partial charge in [-0.05, 0) is 53.1 Å². The summed E-state index contributed by atoms with van der Waals surface area (Å²) in [5.41, 5.74) is 11.0. The van der Waals surface area contributed by atoms with E-state index in [0.29, 0.717) is 5.82 Å². The van der Waals surface area contributed by atoms with Gasteiger partial charge in [-0.1, -0.05) is 18.2 Å². The second-order valence-corrected chi connectivity index (χ2v) is 5.62. The normalized spacial score (nSPS) is 12.4. The molecule has 3 N–H and O–H groups in total. The zero-order valence-electron chi connectivity index (χ0n) is 12.8. The van der Waals surface area contributed by atoms with Crippen LogP contribution in [0.5, 0.6) is 0 Å². The molecule has 0 amide bonds. The number of hydrogen-bond donors (Lipinski definition) is 2. The number of benzene rings is 2. The summed E-state index contributed by atoms with van der Waals surface area (Å²) >= 11 is 0. The third-order valence-corrected chi connectivity index (χ3v) is 4.04. The third-order valence-electron chi connectivity index (χ3n) is 4.04.